The molecule has 4 heteroatoms. The van der Waals surface area contributed by atoms with Gasteiger partial charge >= 0.3 is 0 Å². The predicted molar refractivity (Wildman–Crippen MR) is 37.5 cm³/mol. The van der Waals surface area contributed by atoms with E-state index in [1.54, 1.807) is 0 Å². The van der Waals surface area contributed by atoms with Gasteiger partial charge in [-0.3, -0.25) is 9.59 Å². The van der Waals surface area contributed by atoms with Crippen molar-refractivity contribution in [1.29, 1.82) is 0 Å². The molecule has 0 bridgehead atoms. The lowest BCUT2D eigenvalue weighted by molar-refractivity contribution is -0.121. The van der Waals surface area contributed by atoms with E-state index in [1.807, 2.05) is 0 Å². The number of nitrogens with one attached hydrogen (secondary N) is 1. The molecule has 0 heterocycles. The molecule has 1 amide bonds. The minimum atomic E-state index is -0.425. The largest absolute Gasteiger partial charge is 0.348 e. The van der Waals surface area contributed by atoms with Gasteiger partial charge < -0.3 is 5.32 Å². The number of thiol groups is 1. The van der Waals surface area contributed by atoms with Gasteiger partial charge in [-0.05, 0) is 6.92 Å². The lowest BCUT2D eigenvalue weighted by Crippen LogP contribution is -2.35. The summed E-state index contributed by atoms with van der Waals surface area (Å²) in [5, 5.41) is 2.33. The van der Waals surface area contributed by atoms with Gasteiger partial charge in [0, 0.05) is 5.75 Å². The molecule has 52 valence electrons. The molecule has 0 spiro atoms. The summed E-state index contributed by atoms with van der Waals surface area (Å²) < 4.78 is 0. The third-order valence-corrected chi connectivity index (χ3v) is 1.31. The lowest BCUT2D eigenvalue weighted by Gasteiger charge is -2.06. The van der Waals surface area contributed by atoms with E-state index in [0.717, 1.165) is 0 Å². The predicted octanol–water partition coefficient (Wildman–Crippen LogP) is -0.380. The number of carbonyl (C=O) groups is 2. The Balaban J connectivity index is 3.67. The Labute approximate surface area is 59.2 Å². The smallest absolute Gasteiger partial charge is 0.207 e. The van der Waals surface area contributed by atoms with Crippen LogP contribution in [0.2, 0.25) is 0 Å². The van der Waals surface area contributed by atoms with E-state index in [1.165, 1.54) is 6.92 Å². The van der Waals surface area contributed by atoms with E-state index in [-0.39, 0.29) is 5.78 Å². The Morgan fingerprint density at radius 1 is 1.89 bits per heavy atom. The van der Waals surface area contributed by atoms with Gasteiger partial charge in [-0.15, -0.1) is 0 Å². The van der Waals surface area contributed by atoms with Crippen molar-refractivity contribution in [2.45, 2.75) is 13.0 Å². The Bertz CT molecular complexity index is 116. The van der Waals surface area contributed by atoms with Crippen LogP contribution in [0.1, 0.15) is 6.92 Å². The number of hydrogen-bond donors (Lipinski definition) is 2. The zero-order valence-corrected chi connectivity index (χ0v) is 6.02. The van der Waals surface area contributed by atoms with E-state index < -0.39 is 6.04 Å². The van der Waals surface area contributed by atoms with Crippen LogP contribution in [0.4, 0.5) is 0 Å². The van der Waals surface area contributed by atoms with Crippen LogP contribution in [-0.4, -0.2) is 24.0 Å². The molecule has 3 nitrogen and oxygen atoms in total. The fourth-order valence-electron chi connectivity index (χ4n) is 0.381. The van der Waals surface area contributed by atoms with E-state index >= 15 is 0 Å². The molecular formula is C5H9NO2S. The first-order valence-corrected chi connectivity index (χ1v) is 3.16. The van der Waals surface area contributed by atoms with Crippen molar-refractivity contribution in [3.05, 3.63) is 0 Å². The molecule has 0 aromatic heterocycles. The molecule has 0 saturated carbocycles. The second kappa shape index (κ2) is 4.38. The molecule has 0 rings (SSSR count). The van der Waals surface area contributed by atoms with Gasteiger partial charge in [-0.2, -0.15) is 12.6 Å². The minimum absolute atomic E-state index is 0.0721. The zero-order valence-electron chi connectivity index (χ0n) is 5.13. The van der Waals surface area contributed by atoms with E-state index in [0.29, 0.717) is 12.2 Å². The average Bonchev–Trinajstić information content (AvgIpc) is 1.82. The molecular weight excluding hydrogens is 138 g/mol. The monoisotopic (exact) mass is 147 g/mol. The van der Waals surface area contributed by atoms with Crippen LogP contribution in [0.15, 0.2) is 0 Å². The number of amides is 1. The number of Topliss-reactive ketones (excluding diaryl/α,β-unsaturated/α-hetero) is 1. The molecule has 0 aliphatic carbocycles. The second-order valence-electron chi connectivity index (χ2n) is 1.63. The quantitative estimate of drug-likeness (QED) is 0.420. The average molecular weight is 147 g/mol. The van der Waals surface area contributed by atoms with Crippen molar-refractivity contribution < 1.29 is 9.59 Å². The highest BCUT2D eigenvalue weighted by molar-refractivity contribution is 7.80. The third-order valence-electron chi connectivity index (χ3n) is 0.943. The molecule has 0 saturated heterocycles. The maximum absolute atomic E-state index is 10.5. The summed E-state index contributed by atoms with van der Waals surface area (Å²) in [6.45, 7) is 1.41. The summed E-state index contributed by atoms with van der Waals surface area (Å²) in [4.78, 5) is 20.3. The van der Waals surface area contributed by atoms with Crippen molar-refractivity contribution in [2.75, 3.05) is 5.75 Å². The maximum Gasteiger partial charge on any atom is 0.207 e. The highest BCUT2D eigenvalue weighted by atomic mass is 32.1. The topological polar surface area (TPSA) is 46.2 Å². The highest BCUT2D eigenvalue weighted by Gasteiger charge is 2.08. The minimum Gasteiger partial charge on any atom is -0.348 e. The summed E-state index contributed by atoms with van der Waals surface area (Å²) in [6, 6.07) is -0.425. The highest BCUT2D eigenvalue weighted by Crippen LogP contribution is 1.86. The molecule has 0 radical (unpaired) electrons. The van der Waals surface area contributed by atoms with E-state index in [2.05, 4.69) is 17.9 Å². The summed E-state index contributed by atoms with van der Waals surface area (Å²) in [6.07, 6.45) is 0.502. The van der Waals surface area contributed by atoms with Gasteiger partial charge in [-0.25, -0.2) is 0 Å². The molecule has 0 unspecified atom stereocenters. The summed E-state index contributed by atoms with van der Waals surface area (Å²) in [7, 11) is 0. The van der Waals surface area contributed by atoms with Gasteiger partial charge in [-0.1, -0.05) is 0 Å². The third kappa shape index (κ3) is 3.13. The molecule has 1 N–H and O–H groups in total. The Hall–Kier alpha value is -0.510. The Morgan fingerprint density at radius 2 is 2.44 bits per heavy atom. The first-order valence-electron chi connectivity index (χ1n) is 2.53. The molecule has 0 aromatic rings. The normalized spacial score (nSPS) is 12.2. The van der Waals surface area contributed by atoms with Crippen LogP contribution in [0.5, 0.6) is 0 Å². The number of rotatable bonds is 4. The van der Waals surface area contributed by atoms with Crippen molar-refractivity contribution in [2.24, 2.45) is 0 Å². The van der Waals surface area contributed by atoms with E-state index in [4.69, 9.17) is 0 Å². The van der Waals surface area contributed by atoms with Crippen molar-refractivity contribution in [1.82, 2.24) is 5.32 Å². The lowest BCUT2D eigenvalue weighted by atomic mass is 10.2. The van der Waals surface area contributed by atoms with Crippen molar-refractivity contribution in [3.8, 4) is 0 Å². The first kappa shape index (κ1) is 8.49. The van der Waals surface area contributed by atoms with Crippen LogP contribution < -0.4 is 5.32 Å². The molecule has 0 fully saturated rings. The van der Waals surface area contributed by atoms with Crippen LogP contribution in [0.25, 0.3) is 0 Å². The zero-order chi connectivity index (χ0) is 7.28. The summed E-state index contributed by atoms with van der Waals surface area (Å²) in [5.41, 5.74) is 0. The van der Waals surface area contributed by atoms with Gasteiger partial charge in [0.15, 0.2) is 5.78 Å². The Kier molecular flexibility index (Phi) is 4.13. The number of ketones is 1. The van der Waals surface area contributed by atoms with Gasteiger partial charge in [0.2, 0.25) is 6.41 Å². The fourth-order valence-corrected chi connectivity index (χ4v) is 0.743. The van der Waals surface area contributed by atoms with Crippen LogP contribution >= 0.6 is 12.6 Å². The fraction of sp³-hybridized carbons (Fsp3) is 0.600. The number of hydrogen-bond acceptors (Lipinski definition) is 3. The van der Waals surface area contributed by atoms with Crippen molar-refractivity contribution >= 4 is 24.8 Å². The first-order chi connectivity index (χ1) is 4.22. The van der Waals surface area contributed by atoms with Gasteiger partial charge in [0.05, 0.1) is 6.04 Å². The van der Waals surface area contributed by atoms with Gasteiger partial charge in [0.1, 0.15) is 0 Å². The van der Waals surface area contributed by atoms with Crippen molar-refractivity contribution in [3.63, 3.8) is 0 Å². The summed E-state index contributed by atoms with van der Waals surface area (Å²) in [5.74, 6) is 0.283. The second-order valence-corrected chi connectivity index (χ2v) is 2.00. The standard InChI is InChI=1S/C5H9NO2S/c1-4(8)5(2-9)6-3-7/h3,5,9H,2H2,1H3,(H,6,7)/t5-/m0/s1. The Morgan fingerprint density at radius 3 is 2.56 bits per heavy atom. The molecule has 0 aliphatic heterocycles. The molecule has 9 heavy (non-hydrogen) atoms. The van der Waals surface area contributed by atoms with E-state index in [9.17, 15) is 9.59 Å². The molecule has 1 atom stereocenters. The van der Waals surface area contributed by atoms with Crippen LogP contribution in [-0.2, 0) is 9.59 Å². The van der Waals surface area contributed by atoms with Crippen LogP contribution in [0.3, 0.4) is 0 Å². The summed E-state index contributed by atoms with van der Waals surface area (Å²) >= 11 is 3.85. The number of carbonyl (C=O) groups excluding carboxylic acids is 2. The van der Waals surface area contributed by atoms with Crippen LogP contribution in [0, 0.1) is 0 Å². The molecule has 0 aliphatic rings. The maximum atomic E-state index is 10.5. The SMILES string of the molecule is CC(=O)[C@H](CS)NC=O. The van der Waals surface area contributed by atoms with Gasteiger partial charge in [0.25, 0.3) is 0 Å². The molecule has 0 aromatic carbocycles.